The van der Waals surface area contributed by atoms with Gasteiger partial charge in [0, 0.05) is 12.7 Å². The summed E-state index contributed by atoms with van der Waals surface area (Å²) in [5.41, 5.74) is 2.18. The van der Waals surface area contributed by atoms with Gasteiger partial charge in [0.1, 0.15) is 36.8 Å². The van der Waals surface area contributed by atoms with Gasteiger partial charge in [-0.1, -0.05) is 12.1 Å². The van der Waals surface area contributed by atoms with Crippen molar-refractivity contribution in [2.75, 3.05) is 27.9 Å². The molecule has 2 aliphatic rings. The molecule has 11 nitrogen and oxygen atoms in total. The summed E-state index contributed by atoms with van der Waals surface area (Å²) in [4.78, 5) is 10.8. The van der Waals surface area contributed by atoms with Gasteiger partial charge in [-0.05, 0) is 41.5 Å². The largest absolute Gasteiger partial charge is 0.493 e. The van der Waals surface area contributed by atoms with Crippen molar-refractivity contribution >= 4 is 12.4 Å². The number of aliphatic hydroxyl groups is 4. The summed E-state index contributed by atoms with van der Waals surface area (Å²) in [7, 11) is 4.52. The van der Waals surface area contributed by atoms with Crippen molar-refractivity contribution in [3.8, 4) is 23.0 Å². The smallest absolute Gasteiger partial charge is 0.229 e. The van der Waals surface area contributed by atoms with E-state index in [0.29, 0.717) is 23.3 Å². The number of methoxy groups -OCH3 is 3. The average molecular weight is 519 g/mol. The summed E-state index contributed by atoms with van der Waals surface area (Å²) in [6, 6.07) is 8.61. The molecule has 0 spiro atoms. The second-order valence-electron chi connectivity index (χ2n) is 8.56. The molecule has 0 saturated carbocycles. The van der Waals surface area contributed by atoms with Crippen LogP contribution in [0.5, 0.6) is 23.0 Å². The first-order valence-electron chi connectivity index (χ1n) is 11.5. The molecule has 37 heavy (non-hydrogen) atoms. The van der Waals surface area contributed by atoms with Crippen molar-refractivity contribution in [2.24, 2.45) is 0 Å². The predicted octanol–water partition coefficient (Wildman–Crippen LogP) is 0.916. The van der Waals surface area contributed by atoms with E-state index in [1.54, 1.807) is 37.5 Å². The molecule has 0 unspecified atom stereocenters. The molecule has 2 aromatic carbocycles. The zero-order chi connectivity index (χ0) is 26.7. The van der Waals surface area contributed by atoms with Crippen LogP contribution in [-0.2, 0) is 14.3 Å². The molecule has 11 heteroatoms. The molecule has 2 heterocycles. The second-order valence-corrected chi connectivity index (χ2v) is 8.56. The number of allylic oxidation sites excluding steroid dienone is 1. The standard InChI is InChI=1S/C26H30O11/c1-32-17-11-14(6-7-16(17)35-26-22(31)21(30)20(29)19(12-28)36-26)23-25(34-3)15-9-13(5-4-8-27)10-18(33-2)24(15)37-23/h4-11,19-23,25-26,28-31H,12H2,1-3H3/b5-4+/t19-,20-,21+,22-,23-,25+,26-/m1/s1. The highest BCUT2D eigenvalue weighted by atomic mass is 16.7. The van der Waals surface area contributed by atoms with Crippen LogP contribution in [0.15, 0.2) is 36.4 Å². The fourth-order valence-corrected chi connectivity index (χ4v) is 4.48. The molecule has 2 aliphatic heterocycles. The van der Waals surface area contributed by atoms with E-state index in [1.165, 1.54) is 20.3 Å². The number of aliphatic hydroxyl groups excluding tert-OH is 4. The molecule has 2 aromatic rings. The van der Waals surface area contributed by atoms with E-state index < -0.39 is 49.5 Å². The molecule has 1 fully saturated rings. The summed E-state index contributed by atoms with van der Waals surface area (Å²) in [6.45, 7) is -0.574. The van der Waals surface area contributed by atoms with E-state index >= 15 is 0 Å². The van der Waals surface area contributed by atoms with Gasteiger partial charge in [0.15, 0.2) is 29.1 Å². The maximum Gasteiger partial charge on any atom is 0.229 e. The number of carbonyl (C=O) groups excluding carboxylic acids is 1. The summed E-state index contributed by atoms with van der Waals surface area (Å²) < 4.78 is 34.2. The Bertz CT molecular complexity index is 1130. The van der Waals surface area contributed by atoms with Gasteiger partial charge in [0.25, 0.3) is 0 Å². The third-order valence-electron chi connectivity index (χ3n) is 6.38. The minimum absolute atomic E-state index is 0.193. The Kier molecular flexibility index (Phi) is 8.32. The van der Waals surface area contributed by atoms with Crippen LogP contribution in [-0.4, -0.2) is 85.4 Å². The van der Waals surface area contributed by atoms with Crippen LogP contribution < -0.4 is 18.9 Å². The van der Waals surface area contributed by atoms with E-state index in [-0.39, 0.29) is 11.5 Å². The Morgan fingerprint density at radius 3 is 2.35 bits per heavy atom. The summed E-state index contributed by atoms with van der Waals surface area (Å²) in [5.74, 6) is 1.48. The zero-order valence-corrected chi connectivity index (χ0v) is 20.5. The highest BCUT2D eigenvalue weighted by Gasteiger charge is 2.45. The Labute approximate surface area is 213 Å². The first-order chi connectivity index (χ1) is 17.9. The van der Waals surface area contributed by atoms with Gasteiger partial charge in [-0.15, -0.1) is 0 Å². The van der Waals surface area contributed by atoms with Gasteiger partial charge in [-0.2, -0.15) is 0 Å². The predicted molar refractivity (Wildman–Crippen MR) is 129 cm³/mol. The Balaban J connectivity index is 1.62. The van der Waals surface area contributed by atoms with E-state index in [2.05, 4.69) is 0 Å². The molecular formula is C26H30O11. The van der Waals surface area contributed by atoms with Crippen molar-refractivity contribution in [1.82, 2.24) is 0 Å². The Morgan fingerprint density at radius 1 is 0.946 bits per heavy atom. The highest BCUT2D eigenvalue weighted by molar-refractivity contribution is 5.75. The van der Waals surface area contributed by atoms with Gasteiger partial charge in [0.2, 0.25) is 6.29 Å². The number of hydrogen-bond donors (Lipinski definition) is 4. The van der Waals surface area contributed by atoms with Gasteiger partial charge in [0.05, 0.1) is 20.8 Å². The first kappa shape index (κ1) is 26.9. The Morgan fingerprint density at radius 2 is 1.70 bits per heavy atom. The van der Waals surface area contributed by atoms with Crippen molar-refractivity contribution in [3.05, 3.63) is 53.1 Å². The van der Waals surface area contributed by atoms with Crippen molar-refractivity contribution in [1.29, 1.82) is 0 Å². The van der Waals surface area contributed by atoms with Gasteiger partial charge >= 0.3 is 0 Å². The van der Waals surface area contributed by atoms with E-state index in [4.69, 9.17) is 28.4 Å². The van der Waals surface area contributed by atoms with Crippen molar-refractivity contribution in [3.63, 3.8) is 0 Å². The molecule has 0 amide bonds. The third kappa shape index (κ3) is 5.14. The monoisotopic (exact) mass is 518 g/mol. The fourth-order valence-electron chi connectivity index (χ4n) is 4.48. The van der Waals surface area contributed by atoms with Crippen LogP contribution in [0.1, 0.15) is 28.9 Å². The second kappa shape index (κ2) is 11.5. The lowest BCUT2D eigenvalue weighted by atomic mass is 9.98. The topological polar surface area (TPSA) is 153 Å². The molecule has 7 atom stereocenters. The minimum Gasteiger partial charge on any atom is -0.493 e. The molecule has 4 rings (SSSR count). The van der Waals surface area contributed by atoms with Crippen LogP contribution in [0.3, 0.4) is 0 Å². The van der Waals surface area contributed by atoms with Crippen LogP contribution in [0.2, 0.25) is 0 Å². The molecular weight excluding hydrogens is 488 g/mol. The number of carbonyl (C=O) groups is 1. The molecule has 1 saturated heterocycles. The zero-order valence-electron chi connectivity index (χ0n) is 20.5. The molecule has 0 bridgehead atoms. The summed E-state index contributed by atoms with van der Waals surface area (Å²) >= 11 is 0. The van der Waals surface area contributed by atoms with Crippen molar-refractivity contribution in [2.45, 2.75) is 42.9 Å². The van der Waals surface area contributed by atoms with Gasteiger partial charge in [-0.3, -0.25) is 4.79 Å². The number of ether oxygens (including phenoxy) is 6. The fraction of sp³-hybridized carbons (Fsp3) is 0.423. The lowest BCUT2D eigenvalue weighted by Crippen LogP contribution is -2.60. The maximum atomic E-state index is 10.8. The first-order valence-corrected chi connectivity index (χ1v) is 11.5. The average Bonchev–Trinajstić information content (AvgIpc) is 3.30. The van der Waals surface area contributed by atoms with Gasteiger partial charge < -0.3 is 48.8 Å². The van der Waals surface area contributed by atoms with E-state index in [1.807, 2.05) is 6.07 Å². The van der Waals surface area contributed by atoms with Crippen LogP contribution >= 0.6 is 0 Å². The van der Waals surface area contributed by atoms with Crippen molar-refractivity contribution < 1.29 is 53.6 Å². The highest BCUT2D eigenvalue weighted by Crippen LogP contribution is 2.52. The van der Waals surface area contributed by atoms with E-state index in [0.717, 1.165) is 11.1 Å². The molecule has 0 radical (unpaired) electrons. The van der Waals surface area contributed by atoms with Crippen LogP contribution in [0.25, 0.3) is 6.08 Å². The van der Waals surface area contributed by atoms with E-state index in [9.17, 15) is 25.2 Å². The van der Waals surface area contributed by atoms with Crippen LogP contribution in [0, 0.1) is 0 Å². The minimum atomic E-state index is -1.57. The maximum absolute atomic E-state index is 10.8. The Hall–Kier alpha value is -3.19. The third-order valence-corrected chi connectivity index (χ3v) is 6.38. The summed E-state index contributed by atoms with van der Waals surface area (Å²) in [6.07, 6.45) is -4.46. The number of aldehydes is 1. The van der Waals surface area contributed by atoms with Crippen LogP contribution in [0.4, 0.5) is 0 Å². The lowest BCUT2D eigenvalue weighted by molar-refractivity contribution is -0.277. The number of fused-ring (bicyclic) bond motifs is 1. The molecule has 200 valence electrons. The van der Waals surface area contributed by atoms with Gasteiger partial charge in [-0.25, -0.2) is 0 Å². The lowest BCUT2D eigenvalue weighted by Gasteiger charge is -2.39. The number of benzene rings is 2. The molecule has 0 aromatic heterocycles. The number of rotatable bonds is 9. The SMILES string of the molecule is COc1cc([C@H]2Oc3c(OC)cc(/C=C/C=O)cc3[C@@H]2OC)ccc1O[C@@H]1O[C@H](CO)[C@@H](O)[C@H](O)[C@H]1O. The number of hydrogen-bond acceptors (Lipinski definition) is 11. The molecule has 4 N–H and O–H groups in total. The summed E-state index contributed by atoms with van der Waals surface area (Å²) in [5, 5.41) is 39.8. The quantitative estimate of drug-likeness (QED) is 0.277. The molecule has 0 aliphatic carbocycles. The normalized spacial score (nSPS) is 29.0.